The largest absolute Gasteiger partial charge is 0.480 e. The van der Waals surface area contributed by atoms with Crippen molar-refractivity contribution in [3.8, 4) is 0 Å². The predicted molar refractivity (Wildman–Crippen MR) is 42.1 cm³/mol. The standard InChI is InChI=1S/C6H11NO3.ClH/c1-10-4-2-5(6(8)9)7-3-4;/h4-5,7H,2-3H2,1H3,(H,8,9);1H/t4-,5-;/m1./s1. The zero-order chi connectivity index (χ0) is 7.56. The van der Waals surface area contributed by atoms with Gasteiger partial charge in [-0.2, -0.15) is 0 Å². The minimum absolute atomic E-state index is 0. The predicted octanol–water partition coefficient (Wildman–Crippen LogP) is -0.130. The van der Waals surface area contributed by atoms with Gasteiger partial charge in [0.1, 0.15) is 6.04 Å². The normalized spacial score (nSPS) is 29.5. The molecule has 0 saturated carbocycles. The van der Waals surface area contributed by atoms with Crippen molar-refractivity contribution in [1.82, 2.24) is 5.32 Å². The van der Waals surface area contributed by atoms with Crippen LogP contribution in [0, 0.1) is 0 Å². The highest BCUT2D eigenvalue weighted by Gasteiger charge is 2.28. The Morgan fingerprint density at radius 1 is 1.73 bits per heavy atom. The Bertz CT molecular complexity index is 142. The van der Waals surface area contributed by atoms with Crippen LogP contribution in [-0.4, -0.2) is 36.9 Å². The molecule has 0 bridgehead atoms. The fourth-order valence-electron chi connectivity index (χ4n) is 1.07. The fraction of sp³-hybridized carbons (Fsp3) is 0.833. The highest BCUT2D eigenvalue weighted by atomic mass is 35.5. The fourth-order valence-corrected chi connectivity index (χ4v) is 1.07. The molecule has 1 aliphatic rings. The van der Waals surface area contributed by atoms with Gasteiger partial charge >= 0.3 is 5.97 Å². The molecule has 0 aliphatic carbocycles. The lowest BCUT2D eigenvalue weighted by molar-refractivity contribution is -0.139. The van der Waals surface area contributed by atoms with Crippen molar-refractivity contribution in [2.24, 2.45) is 0 Å². The van der Waals surface area contributed by atoms with E-state index in [4.69, 9.17) is 9.84 Å². The zero-order valence-corrected chi connectivity index (χ0v) is 7.06. The summed E-state index contributed by atoms with van der Waals surface area (Å²) in [5.41, 5.74) is 0. The SMILES string of the molecule is CO[C@H]1CN[C@@H](C(=O)O)C1.Cl. The Labute approximate surface area is 71.3 Å². The number of carboxylic acid groups (broad SMARTS) is 1. The summed E-state index contributed by atoms with van der Waals surface area (Å²) in [6, 6.07) is -0.412. The monoisotopic (exact) mass is 181 g/mol. The second kappa shape index (κ2) is 4.54. The lowest BCUT2D eigenvalue weighted by Crippen LogP contribution is -2.29. The number of aliphatic carboxylic acids is 1. The summed E-state index contributed by atoms with van der Waals surface area (Å²) in [5.74, 6) is -0.792. The molecule has 0 amide bonds. The summed E-state index contributed by atoms with van der Waals surface area (Å²) in [4.78, 5) is 10.3. The average molecular weight is 182 g/mol. The van der Waals surface area contributed by atoms with Gasteiger partial charge in [-0.1, -0.05) is 0 Å². The number of carbonyl (C=O) groups is 1. The summed E-state index contributed by atoms with van der Waals surface area (Å²) < 4.78 is 4.97. The number of carboxylic acids is 1. The third kappa shape index (κ3) is 2.65. The molecule has 0 spiro atoms. The lowest BCUT2D eigenvalue weighted by Gasteiger charge is -2.03. The van der Waals surface area contributed by atoms with E-state index in [-0.39, 0.29) is 18.5 Å². The Balaban J connectivity index is 0.000001000. The first-order valence-electron chi connectivity index (χ1n) is 3.23. The molecule has 4 nitrogen and oxygen atoms in total. The van der Waals surface area contributed by atoms with E-state index in [2.05, 4.69) is 5.32 Å². The molecular formula is C6H12ClNO3. The van der Waals surface area contributed by atoms with Gasteiger partial charge in [0.2, 0.25) is 0 Å². The number of hydrogen-bond acceptors (Lipinski definition) is 3. The second-order valence-corrected chi connectivity index (χ2v) is 2.39. The number of rotatable bonds is 2. The van der Waals surface area contributed by atoms with Gasteiger partial charge in [-0.15, -0.1) is 12.4 Å². The molecule has 0 aromatic carbocycles. The van der Waals surface area contributed by atoms with Crippen LogP contribution in [0.2, 0.25) is 0 Å². The van der Waals surface area contributed by atoms with E-state index in [0.29, 0.717) is 13.0 Å². The van der Waals surface area contributed by atoms with Crippen molar-refractivity contribution in [2.75, 3.05) is 13.7 Å². The maximum Gasteiger partial charge on any atom is 0.320 e. The van der Waals surface area contributed by atoms with Crippen LogP contribution >= 0.6 is 12.4 Å². The maximum absolute atomic E-state index is 10.3. The molecule has 66 valence electrons. The molecule has 1 fully saturated rings. The summed E-state index contributed by atoms with van der Waals surface area (Å²) in [6.07, 6.45) is 0.646. The molecule has 1 aliphatic heterocycles. The van der Waals surface area contributed by atoms with E-state index in [1.165, 1.54) is 0 Å². The first-order chi connectivity index (χ1) is 4.74. The highest BCUT2D eigenvalue weighted by Crippen LogP contribution is 2.08. The Kier molecular flexibility index (Phi) is 4.40. The third-order valence-corrected chi connectivity index (χ3v) is 1.72. The van der Waals surface area contributed by atoms with Gasteiger partial charge in [0.25, 0.3) is 0 Å². The van der Waals surface area contributed by atoms with Crippen molar-refractivity contribution in [3.63, 3.8) is 0 Å². The number of methoxy groups -OCH3 is 1. The minimum Gasteiger partial charge on any atom is -0.480 e. The van der Waals surface area contributed by atoms with E-state index >= 15 is 0 Å². The molecule has 1 rings (SSSR count). The molecule has 2 atom stereocenters. The molecule has 1 saturated heterocycles. The van der Waals surface area contributed by atoms with Crippen LogP contribution in [0.1, 0.15) is 6.42 Å². The third-order valence-electron chi connectivity index (χ3n) is 1.72. The van der Waals surface area contributed by atoms with E-state index < -0.39 is 12.0 Å². The first kappa shape index (κ1) is 10.7. The molecule has 0 aromatic rings. The topological polar surface area (TPSA) is 58.6 Å². The molecule has 0 aromatic heterocycles. The zero-order valence-electron chi connectivity index (χ0n) is 6.24. The van der Waals surface area contributed by atoms with Crippen molar-refractivity contribution in [2.45, 2.75) is 18.6 Å². The number of ether oxygens (including phenoxy) is 1. The summed E-state index contributed by atoms with van der Waals surface area (Å²) in [7, 11) is 1.59. The second-order valence-electron chi connectivity index (χ2n) is 2.39. The smallest absolute Gasteiger partial charge is 0.320 e. The van der Waals surface area contributed by atoms with Crippen molar-refractivity contribution in [3.05, 3.63) is 0 Å². The van der Waals surface area contributed by atoms with Gasteiger partial charge in [-0.3, -0.25) is 4.79 Å². The van der Waals surface area contributed by atoms with Gasteiger partial charge in [-0.25, -0.2) is 0 Å². The quantitative estimate of drug-likeness (QED) is 0.623. The van der Waals surface area contributed by atoms with E-state index in [1.807, 2.05) is 0 Å². The number of halogens is 1. The maximum atomic E-state index is 10.3. The molecular weight excluding hydrogens is 170 g/mol. The van der Waals surface area contributed by atoms with Crippen LogP contribution in [0.4, 0.5) is 0 Å². The van der Waals surface area contributed by atoms with Crippen LogP contribution in [0.5, 0.6) is 0 Å². The summed E-state index contributed by atoms with van der Waals surface area (Å²) in [6.45, 7) is 0.646. The summed E-state index contributed by atoms with van der Waals surface area (Å²) in [5, 5.41) is 11.3. The van der Waals surface area contributed by atoms with E-state index in [9.17, 15) is 4.79 Å². The molecule has 0 unspecified atom stereocenters. The van der Waals surface area contributed by atoms with Crippen LogP contribution < -0.4 is 5.32 Å². The van der Waals surface area contributed by atoms with Crippen LogP contribution in [0.15, 0.2) is 0 Å². The Hall–Kier alpha value is -0.320. The molecule has 0 radical (unpaired) electrons. The van der Waals surface area contributed by atoms with Crippen molar-refractivity contribution in [1.29, 1.82) is 0 Å². The van der Waals surface area contributed by atoms with Crippen LogP contribution in [0.3, 0.4) is 0 Å². The van der Waals surface area contributed by atoms with Crippen LogP contribution in [-0.2, 0) is 9.53 Å². The summed E-state index contributed by atoms with van der Waals surface area (Å²) >= 11 is 0. The van der Waals surface area contributed by atoms with E-state index in [0.717, 1.165) is 0 Å². The Morgan fingerprint density at radius 3 is 2.64 bits per heavy atom. The average Bonchev–Trinajstić information content (AvgIpc) is 2.34. The van der Waals surface area contributed by atoms with Gasteiger partial charge in [0.15, 0.2) is 0 Å². The van der Waals surface area contributed by atoms with Gasteiger partial charge in [-0.05, 0) is 0 Å². The number of hydrogen-bond donors (Lipinski definition) is 2. The molecule has 11 heavy (non-hydrogen) atoms. The van der Waals surface area contributed by atoms with Gasteiger partial charge < -0.3 is 15.2 Å². The van der Waals surface area contributed by atoms with Gasteiger partial charge in [0, 0.05) is 20.1 Å². The van der Waals surface area contributed by atoms with E-state index in [1.54, 1.807) is 7.11 Å². The number of nitrogens with one attached hydrogen (secondary N) is 1. The Morgan fingerprint density at radius 2 is 2.36 bits per heavy atom. The first-order valence-corrected chi connectivity index (χ1v) is 3.23. The highest BCUT2D eigenvalue weighted by molar-refractivity contribution is 5.85. The van der Waals surface area contributed by atoms with Crippen molar-refractivity contribution >= 4 is 18.4 Å². The molecule has 2 N–H and O–H groups in total. The van der Waals surface area contributed by atoms with Crippen LogP contribution in [0.25, 0.3) is 0 Å². The molecule has 5 heteroatoms. The molecule has 1 heterocycles. The lowest BCUT2D eigenvalue weighted by atomic mass is 10.2. The minimum atomic E-state index is -0.792. The van der Waals surface area contributed by atoms with Gasteiger partial charge in [0.05, 0.1) is 6.10 Å². The van der Waals surface area contributed by atoms with Crippen molar-refractivity contribution < 1.29 is 14.6 Å².